The smallest absolute Gasteiger partial charge is 0.126 e. The Morgan fingerprint density at radius 1 is 1.44 bits per heavy atom. The average Bonchev–Trinajstić information content (AvgIpc) is 2.29. The van der Waals surface area contributed by atoms with Crippen LogP contribution in [0.1, 0.15) is 24.5 Å². The average molecular weight is 220 g/mol. The van der Waals surface area contributed by atoms with Crippen LogP contribution in [0.2, 0.25) is 0 Å². The van der Waals surface area contributed by atoms with Gasteiger partial charge in [0, 0.05) is 12.2 Å². The molecule has 0 spiro atoms. The first-order chi connectivity index (χ1) is 7.67. The molecule has 2 nitrogen and oxygen atoms in total. The van der Waals surface area contributed by atoms with E-state index in [0.717, 1.165) is 17.7 Å². The van der Waals surface area contributed by atoms with Gasteiger partial charge in [-0.1, -0.05) is 30.7 Å². The predicted molar refractivity (Wildman–Crippen MR) is 67.6 cm³/mol. The number of rotatable bonds is 5. The summed E-state index contributed by atoms with van der Waals surface area (Å²) in [4.78, 5) is 0. The van der Waals surface area contributed by atoms with Crippen LogP contribution in [-0.4, -0.2) is 18.8 Å². The highest BCUT2D eigenvalue weighted by Gasteiger charge is 2.00. The summed E-state index contributed by atoms with van der Waals surface area (Å²) < 4.78 is 5.28. The first-order valence-corrected chi connectivity index (χ1v) is 5.59. The van der Waals surface area contributed by atoms with Crippen LogP contribution < -0.4 is 4.74 Å². The Morgan fingerprint density at radius 2 is 2.19 bits per heavy atom. The van der Waals surface area contributed by atoms with Gasteiger partial charge in [0.25, 0.3) is 0 Å². The molecule has 0 amide bonds. The van der Waals surface area contributed by atoms with Gasteiger partial charge < -0.3 is 9.84 Å². The molecule has 0 unspecified atom stereocenters. The van der Waals surface area contributed by atoms with Crippen LogP contribution in [-0.2, 0) is 0 Å². The summed E-state index contributed by atoms with van der Waals surface area (Å²) in [5.41, 5.74) is 2.31. The Kier molecular flexibility index (Phi) is 5.06. The number of benzene rings is 1. The molecule has 1 N–H and O–H groups in total. The van der Waals surface area contributed by atoms with Crippen molar-refractivity contribution in [2.24, 2.45) is 5.92 Å². The zero-order valence-corrected chi connectivity index (χ0v) is 10.2. The van der Waals surface area contributed by atoms with Crippen LogP contribution in [0, 0.1) is 12.8 Å². The highest BCUT2D eigenvalue weighted by Crippen LogP contribution is 2.21. The lowest BCUT2D eigenvalue weighted by atomic mass is 10.1. The number of hydrogen-bond acceptors (Lipinski definition) is 2. The van der Waals surface area contributed by atoms with E-state index in [4.69, 9.17) is 9.84 Å². The van der Waals surface area contributed by atoms with Gasteiger partial charge in [0.2, 0.25) is 0 Å². The van der Waals surface area contributed by atoms with Crippen LogP contribution in [0.4, 0.5) is 0 Å². The summed E-state index contributed by atoms with van der Waals surface area (Å²) in [6.45, 7) is 4.32. The number of aryl methyl sites for hydroxylation is 1. The summed E-state index contributed by atoms with van der Waals surface area (Å²) in [7, 11) is 1.68. The van der Waals surface area contributed by atoms with E-state index in [2.05, 4.69) is 25.1 Å². The molecule has 0 bridgehead atoms. The Balaban J connectivity index is 2.75. The molecule has 0 saturated carbocycles. The molecule has 2 heteroatoms. The van der Waals surface area contributed by atoms with Gasteiger partial charge >= 0.3 is 0 Å². The van der Waals surface area contributed by atoms with Gasteiger partial charge in [-0.15, -0.1) is 0 Å². The number of aliphatic hydroxyl groups is 1. The zero-order valence-electron chi connectivity index (χ0n) is 10.2. The minimum absolute atomic E-state index is 0.231. The van der Waals surface area contributed by atoms with Crippen molar-refractivity contribution in [1.29, 1.82) is 0 Å². The minimum atomic E-state index is 0.231. The van der Waals surface area contributed by atoms with E-state index in [1.54, 1.807) is 7.11 Å². The summed E-state index contributed by atoms with van der Waals surface area (Å²) in [6.07, 6.45) is 5.02. The molecule has 0 fully saturated rings. The standard InChI is InChI=1S/C14H20O2/c1-11-7-8-14(16-3)13(9-11)6-4-5-12(2)10-15/h4,6-9,12,15H,5,10H2,1-3H3/b6-4+/t12-/m1/s1. The van der Waals surface area contributed by atoms with E-state index in [9.17, 15) is 0 Å². The maximum Gasteiger partial charge on any atom is 0.126 e. The Labute approximate surface area is 97.6 Å². The maximum absolute atomic E-state index is 8.92. The van der Waals surface area contributed by atoms with Crippen molar-refractivity contribution in [1.82, 2.24) is 0 Å². The molecule has 0 aromatic heterocycles. The van der Waals surface area contributed by atoms with Crippen molar-refractivity contribution >= 4 is 6.08 Å². The normalized spacial score (nSPS) is 13.0. The van der Waals surface area contributed by atoms with Gasteiger partial charge in [-0.05, 0) is 31.4 Å². The lowest BCUT2D eigenvalue weighted by molar-refractivity contribution is 0.239. The van der Waals surface area contributed by atoms with Gasteiger partial charge in [0.05, 0.1) is 7.11 Å². The van der Waals surface area contributed by atoms with Gasteiger partial charge in [0.1, 0.15) is 5.75 Å². The van der Waals surface area contributed by atoms with E-state index in [1.807, 2.05) is 19.1 Å². The van der Waals surface area contributed by atoms with Crippen LogP contribution in [0.15, 0.2) is 24.3 Å². The summed E-state index contributed by atoms with van der Waals surface area (Å²) in [5.74, 6) is 1.20. The Morgan fingerprint density at radius 3 is 2.81 bits per heavy atom. The van der Waals surface area contributed by atoms with Gasteiger partial charge in [-0.2, -0.15) is 0 Å². The third-order valence-electron chi connectivity index (χ3n) is 2.53. The van der Waals surface area contributed by atoms with Gasteiger partial charge in [-0.25, -0.2) is 0 Å². The molecule has 1 aromatic rings. The third kappa shape index (κ3) is 3.70. The lowest BCUT2D eigenvalue weighted by Crippen LogP contribution is -1.97. The minimum Gasteiger partial charge on any atom is -0.496 e. The fourth-order valence-corrected chi connectivity index (χ4v) is 1.49. The van der Waals surface area contributed by atoms with Crippen LogP contribution in [0.3, 0.4) is 0 Å². The number of allylic oxidation sites excluding steroid dienone is 1. The Hall–Kier alpha value is -1.28. The van der Waals surface area contributed by atoms with Crippen LogP contribution >= 0.6 is 0 Å². The molecule has 16 heavy (non-hydrogen) atoms. The molecule has 0 radical (unpaired) electrons. The van der Waals surface area contributed by atoms with Crippen molar-refractivity contribution in [3.05, 3.63) is 35.4 Å². The number of aliphatic hydroxyl groups excluding tert-OH is 1. The molecule has 0 heterocycles. The first kappa shape index (κ1) is 12.8. The number of ether oxygens (including phenoxy) is 1. The van der Waals surface area contributed by atoms with Crippen molar-refractivity contribution in [3.8, 4) is 5.75 Å². The fraction of sp³-hybridized carbons (Fsp3) is 0.429. The number of hydrogen-bond donors (Lipinski definition) is 1. The molecular weight excluding hydrogens is 200 g/mol. The van der Waals surface area contributed by atoms with Gasteiger partial charge in [0.15, 0.2) is 0 Å². The van der Waals surface area contributed by atoms with Crippen molar-refractivity contribution < 1.29 is 9.84 Å². The third-order valence-corrected chi connectivity index (χ3v) is 2.53. The largest absolute Gasteiger partial charge is 0.496 e. The Bertz CT molecular complexity index is 356. The molecule has 88 valence electrons. The SMILES string of the molecule is COc1ccc(C)cc1/C=C/C[C@@H](C)CO. The first-order valence-electron chi connectivity index (χ1n) is 5.59. The second-order valence-electron chi connectivity index (χ2n) is 4.17. The zero-order chi connectivity index (χ0) is 12.0. The van der Waals surface area contributed by atoms with Crippen LogP contribution in [0.5, 0.6) is 5.75 Å². The molecule has 0 aliphatic rings. The summed E-state index contributed by atoms with van der Waals surface area (Å²) in [6, 6.07) is 6.11. The topological polar surface area (TPSA) is 29.5 Å². The highest BCUT2D eigenvalue weighted by molar-refractivity contribution is 5.58. The second kappa shape index (κ2) is 6.33. The quantitative estimate of drug-likeness (QED) is 0.826. The van der Waals surface area contributed by atoms with E-state index < -0.39 is 0 Å². The lowest BCUT2D eigenvalue weighted by Gasteiger charge is -2.06. The molecular formula is C14H20O2. The second-order valence-corrected chi connectivity index (χ2v) is 4.17. The molecule has 1 aromatic carbocycles. The van der Waals surface area contributed by atoms with Gasteiger partial charge in [-0.3, -0.25) is 0 Å². The van der Waals surface area contributed by atoms with Crippen molar-refractivity contribution in [2.45, 2.75) is 20.3 Å². The molecule has 0 aliphatic carbocycles. The maximum atomic E-state index is 8.92. The van der Waals surface area contributed by atoms with E-state index in [0.29, 0.717) is 5.92 Å². The highest BCUT2D eigenvalue weighted by atomic mass is 16.5. The predicted octanol–water partition coefficient (Wildman–Crippen LogP) is 3.04. The summed E-state index contributed by atoms with van der Waals surface area (Å²) >= 11 is 0. The van der Waals surface area contributed by atoms with E-state index in [-0.39, 0.29) is 6.61 Å². The fourth-order valence-electron chi connectivity index (χ4n) is 1.49. The molecule has 0 aliphatic heterocycles. The van der Waals surface area contributed by atoms with Crippen molar-refractivity contribution in [2.75, 3.05) is 13.7 Å². The number of methoxy groups -OCH3 is 1. The van der Waals surface area contributed by atoms with Crippen LogP contribution in [0.25, 0.3) is 6.08 Å². The van der Waals surface area contributed by atoms with E-state index in [1.165, 1.54) is 5.56 Å². The van der Waals surface area contributed by atoms with E-state index >= 15 is 0 Å². The monoisotopic (exact) mass is 220 g/mol. The van der Waals surface area contributed by atoms with Crippen molar-refractivity contribution in [3.63, 3.8) is 0 Å². The summed E-state index contributed by atoms with van der Waals surface area (Å²) in [5, 5.41) is 8.92. The molecule has 0 saturated heterocycles. The molecule has 1 rings (SSSR count). The molecule has 1 atom stereocenters.